The third-order valence-corrected chi connectivity index (χ3v) is 2.58. The largest absolute Gasteiger partial charge is 0.493 e. The number of nitrogens with two attached hydrogens (primary N) is 1. The van der Waals surface area contributed by atoms with E-state index in [1.807, 2.05) is 12.1 Å². The lowest BCUT2D eigenvalue weighted by Crippen LogP contribution is -2.29. The molecule has 1 aromatic heterocycles. The Morgan fingerprint density at radius 2 is 2.27 bits per heavy atom. The molecule has 0 fully saturated rings. The molecule has 3 N–H and O–H groups in total. The van der Waals surface area contributed by atoms with Crippen molar-refractivity contribution in [3.05, 3.63) is 18.3 Å². The molecule has 1 rings (SSSR count). The molecule has 0 radical (unpaired) electrons. The zero-order valence-electron chi connectivity index (χ0n) is 9.53. The molecule has 84 valence electrons. The fourth-order valence-corrected chi connectivity index (χ4v) is 1.23. The van der Waals surface area contributed by atoms with E-state index in [2.05, 4.69) is 24.1 Å². The second kappa shape index (κ2) is 5.56. The maximum atomic E-state index is 5.61. The zero-order valence-corrected chi connectivity index (χ0v) is 9.53. The van der Waals surface area contributed by atoms with Gasteiger partial charge in [-0.05, 0) is 31.5 Å². The number of hydrogen-bond acceptors (Lipinski definition) is 4. The summed E-state index contributed by atoms with van der Waals surface area (Å²) in [6, 6.07) is 4.01. The summed E-state index contributed by atoms with van der Waals surface area (Å²) in [7, 11) is 1.64. The minimum Gasteiger partial charge on any atom is -0.493 e. The van der Waals surface area contributed by atoms with E-state index in [0.29, 0.717) is 12.5 Å². The number of aromatic nitrogens is 1. The summed E-state index contributed by atoms with van der Waals surface area (Å²) >= 11 is 0. The van der Waals surface area contributed by atoms with Crippen LogP contribution in [0, 0.1) is 5.92 Å². The van der Waals surface area contributed by atoms with Crippen LogP contribution in [-0.2, 0) is 0 Å². The van der Waals surface area contributed by atoms with Crippen LogP contribution in [0.1, 0.15) is 13.8 Å². The predicted molar refractivity (Wildman–Crippen MR) is 62.1 cm³/mol. The number of pyridine rings is 1. The van der Waals surface area contributed by atoms with Crippen LogP contribution in [0.3, 0.4) is 0 Å². The van der Waals surface area contributed by atoms with E-state index >= 15 is 0 Å². The molecule has 0 bridgehead atoms. The van der Waals surface area contributed by atoms with Crippen LogP contribution >= 0.6 is 0 Å². The highest BCUT2D eigenvalue weighted by molar-refractivity contribution is 5.49. The molecule has 4 nitrogen and oxygen atoms in total. The van der Waals surface area contributed by atoms with Crippen LogP contribution in [0.15, 0.2) is 18.3 Å². The van der Waals surface area contributed by atoms with Crippen LogP contribution in [0.2, 0.25) is 0 Å². The lowest BCUT2D eigenvalue weighted by Gasteiger charge is -2.21. The average Bonchev–Trinajstić information content (AvgIpc) is 2.28. The van der Waals surface area contributed by atoms with Gasteiger partial charge in [-0.3, -0.25) is 0 Å². The van der Waals surface area contributed by atoms with Crippen LogP contribution in [-0.4, -0.2) is 24.7 Å². The highest BCUT2D eigenvalue weighted by atomic mass is 16.5. The predicted octanol–water partition coefficient (Wildman–Crippen LogP) is 1.49. The summed E-state index contributed by atoms with van der Waals surface area (Å²) in [6.45, 7) is 4.85. The molecule has 0 saturated heterocycles. The van der Waals surface area contributed by atoms with Gasteiger partial charge in [0.25, 0.3) is 0 Å². The van der Waals surface area contributed by atoms with Gasteiger partial charge < -0.3 is 15.8 Å². The van der Waals surface area contributed by atoms with Gasteiger partial charge in [0.05, 0.1) is 7.11 Å². The van der Waals surface area contributed by atoms with Gasteiger partial charge in [-0.25, -0.2) is 4.98 Å². The summed E-state index contributed by atoms with van der Waals surface area (Å²) in [5.74, 6) is 1.93. The Bertz CT molecular complexity index is 304. The molecule has 0 aliphatic carbocycles. The maximum absolute atomic E-state index is 5.61. The Morgan fingerprint density at radius 1 is 1.53 bits per heavy atom. The molecule has 0 spiro atoms. The second-order valence-corrected chi connectivity index (χ2v) is 3.70. The first-order valence-electron chi connectivity index (χ1n) is 5.14. The molecule has 0 saturated carbocycles. The van der Waals surface area contributed by atoms with Gasteiger partial charge >= 0.3 is 0 Å². The maximum Gasteiger partial charge on any atom is 0.168 e. The molecule has 0 aliphatic rings. The highest BCUT2D eigenvalue weighted by Gasteiger charge is 2.12. The molecule has 0 aromatic carbocycles. The molecular weight excluding hydrogens is 190 g/mol. The normalized spacial score (nSPS) is 14.4. The Balaban J connectivity index is 2.71. The van der Waals surface area contributed by atoms with Crippen molar-refractivity contribution in [2.24, 2.45) is 11.7 Å². The minimum absolute atomic E-state index is 0.277. The Labute approximate surface area is 90.8 Å². The summed E-state index contributed by atoms with van der Waals surface area (Å²) in [5, 5.41) is 3.30. The number of hydrogen-bond donors (Lipinski definition) is 2. The van der Waals surface area contributed by atoms with Crippen molar-refractivity contribution < 1.29 is 4.74 Å². The van der Waals surface area contributed by atoms with Crippen LogP contribution in [0.4, 0.5) is 5.82 Å². The lowest BCUT2D eigenvalue weighted by atomic mass is 10.0. The van der Waals surface area contributed by atoms with Crippen molar-refractivity contribution in [2.45, 2.75) is 19.9 Å². The van der Waals surface area contributed by atoms with Crippen molar-refractivity contribution in [1.82, 2.24) is 4.98 Å². The van der Waals surface area contributed by atoms with Gasteiger partial charge in [0.1, 0.15) is 0 Å². The van der Waals surface area contributed by atoms with E-state index in [0.717, 1.165) is 11.6 Å². The fourth-order valence-electron chi connectivity index (χ4n) is 1.23. The summed E-state index contributed by atoms with van der Waals surface area (Å²) < 4.78 is 5.20. The van der Waals surface area contributed by atoms with E-state index in [1.165, 1.54) is 0 Å². The molecule has 2 atom stereocenters. The van der Waals surface area contributed by atoms with Gasteiger partial charge in [0, 0.05) is 12.2 Å². The number of ether oxygens (including phenoxy) is 1. The van der Waals surface area contributed by atoms with E-state index in [-0.39, 0.29) is 6.04 Å². The molecule has 1 aromatic rings. The Kier molecular flexibility index (Phi) is 4.37. The number of methoxy groups -OCH3 is 1. The fraction of sp³-hybridized carbons (Fsp3) is 0.545. The minimum atomic E-state index is 0.277. The lowest BCUT2D eigenvalue weighted by molar-refractivity contribution is 0.413. The average molecular weight is 209 g/mol. The molecule has 4 heteroatoms. The number of rotatable bonds is 5. The van der Waals surface area contributed by atoms with Crippen LogP contribution in [0.5, 0.6) is 5.75 Å². The van der Waals surface area contributed by atoms with Gasteiger partial charge in [-0.15, -0.1) is 0 Å². The van der Waals surface area contributed by atoms with Gasteiger partial charge in [-0.1, -0.05) is 6.92 Å². The summed E-state index contributed by atoms with van der Waals surface area (Å²) in [6.07, 6.45) is 1.74. The smallest absolute Gasteiger partial charge is 0.168 e. The molecule has 15 heavy (non-hydrogen) atoms. The Hall–Kier alpha value is -1.29. The van der Waals surface area contributed by atoms with Crippen molar-refractivity contribution >= 4 is 5.82 Å². The highest BCUT2D eigenvalue weighted by Crippen LogP contribution is 2.21. The van der Waals surface area contributed by atoms with Crippen molar-refractivity contribution in [2.75, 3.05) is 19.0 Å². The van der Waals surface area contributed by atoms with Crippen molar-refractivity contribution in [1.29, 1.82) is 0 Å². The Morgan fingerprint density at radius 3 is 2.87 bits per heavy atom. The molecular formula is C11H19N3O. The standard InChI is InChI=1S/C11H19N3O/c1-8(7-12)9(2)14-11-10(15-3)5-4-6-13-11/h4-6,8-9H,7,12H2,1-3H3,(H,13,14). The quantitative estimate of drug-likeness (QED) is 0.771. The first kappa shape index (κ1) is 11.8. The first-order chi connectivity index (χ1) is 7.19. The third-order valence-electron chi connectivity index (χ3n) is 2.58. The van der Waals surface area contributed by atoms with Crippen LogP contribution < -0.4 is 15.8 Å². The van der Waals surface area contributed by atoms with Crippen molar-refractivity contribution in [3.8, 4) is 5.75 Å². The molecule has 2 unspecified atom stereocenters. The zero-order chi connectivity index (χ0) is 11.3. The van der Waals surface area contributed by atoms with Gasteiger partial charge in [0.15, 0.2) is 11.6 Å². The third kappa shape index (κ3) is 3.09. The number of nitrogens with zero attached hydrogens (tertiary/aromatic N) is 1. The van der Waals surface area contributed by atoms with Gasteiger partial charge in [0.2, 0.25) is 0 Å². The molecule has 0 aliphatic heterocycles. The SMILES string of the molecule is COc1cccnc1NC(C)C(C)CN. The summed E-state index contributed by atoms with van der Waals surface area (Å²) in [4.78, 5) is 4.23. The van der Waals surface area contributed by atoms with E-state index in [9.17, 15) is 0 Å². The van der Waals surface area contributed by atoms with Gasteiger partial charge in [-0.2, -0.15) is 0 Å². The first-order valence-corrected chi connectivity index (χ1v) is 5.14. The van der Waals surface area contributed by atoms with E-state index in [1.54, 1.807) is 13.3 Å². The monoisotopic (exact) mass is 209 g/mol. The topological polar surface area (TPSA) is 60.2 Å². The molecule has 0 amide bonds. The number of anilines is 1. The number of nitrogens with one attached hydrogen (secondary N) is 1. The molecule has 1 heterocycles. The van der Waals surface area contributed by atoms with E-state index < -0.39 is 0 Å². The van der Waals surface area contributed by atoms with E-state index in [4.69, 9.17) is 10.5 Å². The second-order valence-electron chi connectivity index (χ2n) is 3.70. The van der Waals surface area contributed by atoms with Crippen LogP contribution in [0.25, 0.3) is 0 Å². The van der Waals surface area contributed by atoms with Crippen molar-refractivity contribution in [3.63, 3.8) is 0 Å². The summed E-state index contributed by atoms with van der Waals surface area (Å²) in [5.41, 5.74) is 5.61.